The van der Waals surface area contributed by atoms with Gasteiger partial charge in [0.15, 0.2) is 0 Å². The van der Waals surface area contributed by atoms with Crippen molar-refractivity contribution in [2.45, 2.75) is 26.7 Å². The van der Waals surface area contributed by atoms with Crippen LogP contribution < -0.4 is 5.32 Å². The van der Waals surface area contributed by atoms with E-state index in [1.165, 1.54) is 11.3 Å². The van der Waals surface area contributed by atoms with Crippen LogP contribution in [0.2, 0.25) is 4.34 Å². The summed E-state index contributed by atoms with van der Waals surface area (Å²) in [5, 5.41) is 11.7. The number of carbonyl (C=O) groups excluding carboxylic acids is 1. The Morgan fingerprint density at radius 3 is 2.76 bits per heavy atom. The molecule has 0 spiro atoms. The van der Waals surface area contributed by atoms with E-state index in [-0.39, 0.29) is 17.9 Å². The van der Waals surface area contributed by atoms with E-state index >= 15 is 0 Å². The quantitative estimate of drug-likeness (QED) is 0.839. The Morgan fingerprint density at radius 1 is 1.53 bits per heavy atom. The highest BCUT2D eigenvalue weighted by Crippen LogP contribution is 2.23. The first-order valence-corrected chi connectivity index (χ1v) is 6.78. The molecule has 1 rings (SSSR count). The number of rotatable bonds is 6. The van der Waals surface area contributed by atoms with Crippen molar-refractivity contribution in [3.05, 3.63) is 21.3 Å². The van der Waals surface area contributed by atoms with Crippen molar-refractivity contribution in [1.29, 1.82) is 0 Å². The van der Waals surface area contributed by atoms with Crippen LogP contribution in [0.1, 0.15) is 36.4 Å². The molecule has 0 fully saturated rings. The number of hydrogen-bond acceptors (Lipinski definition) is 3. The van der Waals surface area contributed by atoms with Gasteiger partial charge >= 0.3 is 0 Å². The molecule has 1 amide bonds. The summed E-state index contributed by atoms with van der Waals surface area (Å²) in [6.45, 7) is 4.94. The number of amides is 1. The van der Waals surface area contributed by atoms with Crippen LogP contribution in [0.15, 0.2) is 12.1 Å². The minimum Gasteiger partial charge on any atom is -0.396 e. The molecule has 0 aliphatic carbocycles. The molecule has 0 aliphatic rings. The Morgan fingerprint density at radius 2 is 2.24 bits per heavy atom. The molecule has 1 heterocycles. The van der Waals surface area contributed by atoms with Crippen molar-refractivity contribution in [2.24, 2.45) is 5.41 Å². The largest absolute Gasteiger partial charge is 0.396 e. The van der Waals surface area contributed by atoms with Crippen molar-refractivity contribution in [1.82, 2.24) is 5.32 Å². The summed E-state index contributed by atoms with van der Waals surface area (Å²) in [6, 6.07) is 3.45. The lowest BCUT2D eigenvalue weighted by Crippen LogP contribution is -2.33. The lowest BCUT2D eigenvalue weighted by molar-refractivity contribution is 0.0937. The third-order valence-corrected chi connectivity index (χ3v) is 3.77. The van der Waals surface area contributed by atoms with Gasteiger partial charge in [-0.25, -0.2) is 0 Å². The second-order valence-corrected chi connectivity index (χ2v) is 6.49. The van der Waals surface area contributed by atoms with Gasteiger partial charge in [-0.2, -0.15) is 0 Å². The number of halogens is 1. The van der Waals surface area contributed by atoms with E-state index in [1.54, 1.807) is 12.1 Å². The summed E-state index contributed by atoms with van der Waals surface area (Å²) in [7, 11) is 0. The number of carbonyl (C=O) groups is 1. The van der Waals surface area contributed by atoms with Crippen LogP contribution in [-0.2, 0) is 0 Å². The maximum absolute atomic E-state index is 11.8. The first kappa shape index (κ1) is 14.5. The Balaban J connectivity index is 2.42. The zero-order valence-corrected chi connectivity index (χ0v) is 11.7. The van der Waals surface area contributed by atoms with Crippen molar-refractivity contribution in [3.63, 3.8) is 0 Å². The first-order chi connectivity index (χ1) is 7.94. The molecule has 0 unspecified atom stereocenters. The molecule has 0 bridgehead atoms. The van der Waals surface area contributed by atoms with Crippen LogP contribution >= 0.6 is 22.9 Å². The Labute approximate surface area is 111 Å². The first-order valence-electron chi connectivity index (χ1n) is 5.59. The fourth-order valence-electron chi connectivity index (χ4n) is 1.49. The van der Waals surface area contributed by atoms with E-state index in [9.17, 15) is 4.79 Å². The summed E-state index contributed by atoms with van der Waals surface area (Å²) < 4.78 is 0.620. The number of nitrogens with one attached hydrogen (secondary N) is 1. The van der Waals surface area contributed by atoms with Gasteiger partial charge in [0.1, 0.15) is 0 Å². The van der Waals surface area contributed by atoms with Gasteiger partial charge < -0.3 is 10.4 Å². The van der Waals surface area contributed by atoms with Crippen LogP contribution in [0.4, 0.5) is 0 Å². The summed E-state index contributed by atoms with van der Waals surface area (Å²) in [5.41, 5.74) is -0.000551. The molecule has 0 radical (unpaired) electrons. The zero-order valence-electron chi connectivity index (χ0n) is 10.1. The van der Waals surface area contributed by atoms with E-state index < -0.39 is 0 Å². The van der Waals surface area contributed by atoms with E-state index in [1.807, 2.05) is 0 Å². The molecule has 0 aromatic carbocycles. The van der Waals surface area contributed by atoms with Gasteiger partial charge in [0.2, 0.25) is 0 Å². The smallest absolute Gasteiger partial charge is 0.261 e. The number of aliphatic hydroxyl groups excluding tert-OH is 1. The highest BCUT2D eigenvalue weighted by Gasteiger charge is 2.19. The third-order valence-electron chi connectivity index (χ3n) is 2.54. The van der Waals surface area contributed by atoms with E-state index in [0.717, 1.165) is 12.8 Å². The molecule has 3 nitrogen and oxygen atoms in total. The summed E-state index contributed by atoms with van der Waals surface area (Å²) in [4.78, 5) is 12.4. The molecule has 1 aromatic rings. The van der Waals surface area contributed by atoms with Gasteiger partial charge in [-0.05, 0) is 30.4 Å². The van der Waals surface area contributed by atoms with Crippen LogP contribution in [0.25, 0.3) is 0 Å². The molecule has 5 heteroatoms. The van der Waals surface area contributed by atoms with E-state index in [2.05, 4.69) is 19.2 Å². The summed E-state index contributed by atoms with van der Waals surface area (Å²) in [5.74, 6) is -0.0843. The van der Waals surface area contributed by atoms with Crippen LogP contribution in [0, 0.1) is 5.41 Å². The maximum Gasteiger partial charge on any atom is 0.261 e. The Bertz CT molecular complexity index is 376. The topological polar surface area (TPSA) is 49.3 Å². The van der Waals surface area contributed by atoms with Gasteiger partial charge in [0, 0.05) is 13.2 Å². The molecule has 0 saturated heterocycles. The normalized spacial score (nSPS) is 11.5. The van der Waals surface area contributed by atoms with Crippen LogP contribution in [0.5, 0.6) is 0 Å². The highest BCUT2D eigenvalue weighted by molar-refractivity contribution is 7.17. The van der Waals surface area contributed by atoms with Gasteiger partial charge in [0.05, 0.1) is 9.21 Å². The SMILES string of the molecule is CC(C)(CCCO)CNC(=O)c1ccc(Cl)s1. The molecule has 0 saturated carbocycles. The van der Waals surface area contributed by atoms with E-state index in [0.29, 0.717) is 15.8 Å². The molecule has 17 heavy (non-hydrogen) atoms. The van der Waals surface area contributed by atoms with Gasteiger partial charge in [0.25, 0.3) is 5.91 Å². The molecule has 1 aromatic heterocycles. The Hall–Kier alpha value is -0.580. The molecular formula is C12H18ClNO2S. The summed E-state index contributed by atoms with van der Waals surface area (Å²) >= 11 is 7.05. The monoisotopic (exact) mass is 275 g/mol. The second kappa shape index (κ2) is 6.38. The van der Waals surface area contributed by atoms with Gasteiger partial charge in [-0.3, -0.25) is 4.79 Å². The average Bonchev–Trinajstić information content (AvgIpc) is 2.70. The third kappa shape index (κ3) is 5.06. The predicted molar refractivity (Wildman–Crippen MR) is 71.8 cm³/mol. The fraction of sp³-hybridized carbons (Fsp3) is 0.583. The number of hydrogen-bond donors (Lipinski definition) is 2. The number of thiophene rings is 1. The predicted octanol–water partition coefficient (Wildman–Crippen LogP) is 2.93. The van der Waals surface area contributed by atoms with Crippen molar-refractivity contribution in [2.75, 3.05) is 13.2 Å². The van der Waals surface area contributed by atoms with Crippen molar-refractivity contribution >= 4 is 28.8 Å². The number of aliphatic hydroxyl groups is 1. The molecule has 96 valence electrons. The summed E-state index contributed by atoms with van der Waals surface area (Å²) in [6.07, 6.45) is 1.64. The van der Waals surface area contributed by atoms with E-state index in [4.69, 9.17) is 16.7 Å². The zero-order chi connectivity index (χ0) is 12.9. The maximum atomic E-state index is 11.8. The Kier molecular flexibility index (Phi) is 5.43. The molecule has 2 N–H and O–H groups in total. The molecule has 0 aliphatic heterocycles. The average molecular weight is 276 g/mol. The molecule has 0 atom stereocenters. The van der Waals surface area contributed by atoms with Gasteiger partial charge in [-0.15, -0.1) is 11.3 Å². The minimum absolute atomic E-state index is 0.000551. The van der Waals surface area contributed by atoms with Crippen LogP contribution in [0.3, 0.4) is 0 Å². The minimum atomic E-state index is -0.0843. The lowest BCUT2D eigenvalue weighted by atomic mass is 9.88. The van der Waals surface area contributed by atoms with Crippen molar-refractivity contribution in [3.8, 4) is 0 Å². The van der Waals surface area contributed by atoms with Crippen LogP contribution in [-0.4, -0.2) is 24.2 Å². The second-order valence-electron chi connectivity index (χ2n) is 4.78. The highest BCUT2D eigenvalue weighted by atomic mass is 35.5. The van der Waals surface area contributed by atoms with Gasteiger partial charge in [-0.1, -0.05) is 25.4 Å². The standard InChI is InChI=1S/C12H18ClNO2S/c1-12(2,6-3-7-15)8-14-11(16)9-4-5-10(13)17-9/h4-5,15H,3,6-8H2,1-2H3,(H,14,16). The fourth-order valence-corrected chi connectivity index (χ4v) is 2.45. The molecular weight excluding hydrogens is 258 g/mol. The lowest BCUT2D eigenvalue weighted by Gasteiger charge is -2.24. The van der Waals surface area contributed by atoms with Crippen molar-refractivity contribution < 1.29 is 9.90 Å².